The molecule has 106 valence electrons. The van der Waals surface area contributed by atoms with Crippen LogP contribution in [0.3, 0.4) is 0 Å². The fraction of sp³-hybridized carbons (Fsp3) is 0.750. The fourth-order valence-corrected chi connectivity index (χ4v) is 2.74. The number of carboxylic acid groups (broad SMARTS) is 1. The molecule has 1 saturated carbocycles. The summed E-state index contributed by atoms with van der Waals surface area (Å²) in [4.78, 5) is 36.6. The van der Waals surface area contributed by atoms with Crippen LogP contribution >= 0.6 is 0 Å². The number of carbonyl (C=O) groups excluding carboxylic acids is 2. The first-order chi connectivity index (χ1) is 9.00. The zero-order valence-electron chi connectivity index (χ0n) is 10.7. The Morgan fingerprint density at radius 3 is 2.63 bits per heavy atom. The molecule has 1 saturated heterocycles. The number of rotatable bonds is 4. The highest BCUT2D eigenvalue weighted by Gasteiger charge is 2.48. The van der Waals surface area contributed by atoms with Crippen molar-refractivity contribution < 1.29 is 19.5 Å². The number of nitrogens with zero attached hydrogens (tertiary/aromatic N) is 1. The molecule has 1 atom stereocenters. The van der Waals surface area contributed by atoms with Gasteiger partial charge in [0.1, 0.15) is 6.04 Å². The van der Waals surface area contributed by atoms with E-state index in [1.807, 2.05) is 0 Å². The van der Waals surface area contributed by atoms with E-state index in [0.29, 0.717) is 13.1 Å². The molecular weight excluding hydrogens is 250 g/mol. The number of amides is 2. The van der Waals surface area contributed by atoms with Gasteiger partial charge in [0.25, 0.3) is 0 Å². The highest BCUT2D eigenvalue weighted by atomic mass is 16.4. The molecular formula is C12H19N3O4. The highest BCUT2D eigenvalue weighted by molar-refractivity contribution is 5.93. The van der Waals surface area contributed by atoms with Gasteiger partial charge >= 0.3 is 5.97 Å². The Labute approximate surface area is 111 Å². The van der Waals surface area contributed by atoms with Crippen LogP contribution in [0, 0.1) is 5.41 Å². The zero-order valence-corrected chi connectivity index (χ0v) is 10.7. The normalized spacial score (nSPS) is 25.4. The van der Waals surface area contributed by atoms with Crippen molar-refractivity contribution in [2.75, 3.05) is 19.6 Å². The maximum atomic E-state index is 12.5. The lowest BCUT2D eigenvalue weighted by atomic mass is 9.67. The molecule has 2 amide bonds. The van der Waals surface area contributed by atoms with Crippen LogP contribution in [-0.4, -0.2) is 53.5 Å². The van der Waals surface area contributed by atoms with Gasteiger partial charge in [-0.3, -0.25) is 14.4 Å². The fourth-order valence-electron chi connectivity index (χ4n) is 2.74. The van der Waals surface area contributed by atoms with E-state index in [9.17, 15) is 14.4 Å². The molecule has 0 aromatic carbocycles. The predicted octanol–water partition coefficient (Wildman–Crippen LogP) is -1.08. The molecule has 2 rings (SSSR count). The minimum Gasteiger partial charge on any atom is -0.481 e. The second-order valence-corrected chi connectivity index (χ2v) is 5.24. The van der Waals surface area contributed by atoms with E-state index in [4.69, 9.17) is 10.8 Å². The van der Waals surface area contributed by atoms with E-state index in [1.54, 1.807) is 0 Å². The van der Waals surface area contributed by atoms with Gasteiger partial charge in [0.15, 0.2) is 0 Å². The summed E-state index contributed by atoms with van der Waals surface area (Å²) >= 11 is 0. The van der Waals surface area contributed by atoms with Gasteiger partial charge in [-0.2, -0.15) is 0 Å². The summed E-state index contributed by atoms with van der Waals surface area (Å²) in [5.41, 5.74) is 5.12. The quantitative estimate of drug-likeness (QED) is 0.600. The standard InChI is InChI=1S/C12H19N3O4/c13-7-12(2-1-3-12)11(19)15-5-4-14-10(18)8(15)6-9(16)17/h8H,1-7,13H2,(H,14,18)(H,16,17). The number of nitrogens with two attached hydrogens (primary N) is 1. The first-order valence-electron chi connectivity index (χ1n) is 6.51. The second kappa shape index (κ2) is 5.16. The van der Waals surface area contributed by atoms with E-state index < -0.39 is 23.3 Å². The van der Waals surface area contributed by atoms with Crippen LogP contribution in [0.2, 0.25) is 0 Å². The smallest absolute Gasteiger partial charge is 0.305 e. The maximum Gasteiger partial charge on any atom is 0.305 e. The van der Waals surface area contributed by atoms with Gasteiger partial charge < -0.3 is 21.1 Å². The van der Waals surface area contributed by atoms with Crippen molar-refractivity contribution in [3.8, 4) is 0 Å². The topological polar surface area (TPSA) is 113 Å². The molecule has 2 fully saturated rings. The summed E-state index contributed by atoms with van der Waals surface area (Å²) in [5.74, 6) is -1.65. The van der Waals surface area contributed by atoms with Crippen molar-refractivity contribution in [3.63, 3.8) is 0 Å². The third kappa shape index (κ3) is 2.42. The summed E-state index contributed by atoms with van der Waals surface area (Å²) in [6.07, 6.45) is 2.03. The number of hydrogen-bond acceptors (Lipinski definition) is 4. The van der Waals surface area contributed by atoms with E-state index in [0.717, 1.165) is 19.3 Å². The van der Waals surface area contributed by atoms with Gasteiger partial charge in [0.2, 0.25) is 11.8 Å². The monoisotopic (exact) mass is 269 g/mol. The molecule has 7 nitrogen and oxygen atoms in total. The summed E-state index contributed by atoms with van der Waals surface area (Å²) in [5, 5.41) is 11.5. The van der Waals surface area contributed by atoms with Gasteiger partial charge in [-0.05, 0) is 12.8 Å². The first kappa shape index (κ1) is 13.8. The Morgan fingerprint density at radius 2 is 2.16 bits per heavy atom. The highest BCUT2D eigenvalue weighted by Crippen LogP contribution is 2.42. The predicted molar refractivity (Wildman–Crippen MR) is 66.1 cm³/mol. The van der Waals surface area contributed by atoms with Crippen LogP contribution in [0.25, 0.3) is 0 Å². The molecule has 1 unspecified atom stereocenters. The third-order valence-electron chi connectivity index (χ3n) is 4.11. The second-order valence-electron chi connectivity index (χ2n) is 5.24. The van der Waals surface area contributed by atoms with Crippen LogP contribution in [0.5, 0.6) is 0 Å². The van der Waals surface area contributed by atoms with Gasteiger partial charge in [0, 0.05) is 19.6 Å². The summed E-state index contributed by atoms with van der Waals surface area (Å²) in [6, 6.07) is -0.914. The number of carbonyl (C=O) groups is 3. The number of nitrogens with one attached hydrogen (secondary N) is 1. The average molecular weight is 269 g/mol. The van der Waals surface area contributed by atoms with Crippen molar-refractivity contribution in [1.29, 1.82) is 0 Å². The van der Waals surface area contributed by atoms with E-state index in [-0.39, 0.29) is 18.9 Å². The van der Waals surface area contributed by atoms with Gasteiger partial charge in [0.05, 0.1) is 11.8 Å². The minimum absolute atomic E-state index is 0.164. The summed E-state index contributed by atoms with van der Waals surface area (Å²) < 4.78 is 0. The van der Waals surface area contributed by atoms with Gasteiger partial charge in [-0.25, -0.2) is 0 Å². The molecule has 4 N–H and O–H groups in total. The molecule has 0 aromatic heterocycles. The number of aliphatic carboxylic acids is 1. The summed E-state index contributed by atoms with van der Waals surface area (Å²) in [7, 11) is 0. The van der Waals surface area contributed by atoms with E-state index in [2.05, 4.69) is 5.32 Å². The lowest BCUT2D eigenvalue weighted by Crippen LogP contribution is -2.62. The molecule has 1 aliphatic heterocycles. The molecule has 19 heavy (non-hydrogen) atoms. The van der Waals surface area contributed by atoms with Crippen LogP contribution < -0.4 is 11.1 Å². The molecule has 1 heterocycles. The van der Waals surface area contributed by atoms with E-state index in [1.165, 1.54) is 4.90 Å². The van der Waals surface area contributed by atoms with Crippen molar-refractivity contribution in [3.05, 3.63) is 0 Å². The number of hydrogen-bond donors (Lipinski definition) is 3. The Hall–Kier alpha value is -1.63. The first-order valence-corrected chi connectivity index (χ1v) is 6.51. The van der Waals surface area contributed by atoms with Crippen molar-refractivity contribution >= 4 is 17.8 Å². The number of carboxylic acids is 1. The molecule has 0 aromatic rings. The van der Waals surface area contributed by atoms with Gasteiger partial charge in [-0.15, -0.1) is 0 Å². The lowest BCUT2D eigenvalue weighted by Gasteiger charge is -2.45. The third-order valence-corrected chi connectivity index (χ3v) is 4.11. The van der Waals surface area contributed by atoms with Crippen molar-refractivity contribution in [2.24, 2.45) is 11.1 Å². The molecule has 7 heteroatoms. The van der Waals surface area contributed by atoms with E-state index >= 15 is 0 Å². The van der Waals surface area contributed by atoms with Crippen LogP contribution in [0.4, 0.5) is 0 Å². The maximum absolute atomic E-state index is 12.5. The molecule has 0 spiro atoms. The lowest BCUT2D eigenvalue weighted by molar-refractivity contribution is -0.157. The largest absolute Gasteiger partial charge is 0.481 e. The summed E-state index contributed by atoms with van der Waals surface area (Å²) in [6.45, 7) is 0.968. The molecule has 0 bridgehead atoms. The Balaban J connectivity index is 2.17. The van der Waals surface area contributed by atoms with Crippen LogP contribution in [0.1, 0.15) is 25.7 Å². The number of piperazine rings is 1. The van der Waals surface area contributed by atoms with Gasteiger partial charge in [-0.1, -0.05) is 6.42 Å². The zero-order chi connectivity index (χ0) is 14.0. The SMILES string of the molecule is NCC1(C(=O)N2CCNC(=O)C2CC(=O)O)CCC1. The Bertz CT molecular complexity index is 400. The van der Waals surface area contributed by atoms with Crippen molar-refractivity contribution in [2.45, 2.75) is 31.7 Å². The average Bonchev–Trinajstić information content (AvgIpc) is 2.30. The van der Waals surface area contributed by atoms with Crippen molar-refractivity contribution in [1.82, 2.24) is 10.2 Å². The molecule has 0 radical (unpaired) electrons. The molecule has 1 aliphatic carbocycles. The molecule has 2 aliphatic rings. The minimum atomic E-state index is -1.09. The van der Waals surface area contributed by atoms with Crippen LogP contribution in [-0.2, 0) is 14.4 Å². The van der Waals surface area contributed by atoms with Crippen LogP contribution in [0.15, 0.2) is 0 Å². The Morgan fingerprint density at radius 1 is 1.47 bits per heavy atom. The Kier molecular flexibility index (Phi) is 3.75.